The number of carbonyl (C=O) groups is 1. The molecule has 2 N–H and O–H groups in total. The van der Waals surface area contributed by atoms with Crippen molar-refractivity contribution in [1.29, 1.82) is 0 Å². The van der Waals surface area contributed by atoms with Crippen molar-refractivity contribution >= 4 is 33.3 Å². The number of rotatable bonds is 9. The molecule has 0 fully saturated rings. The number of carbonyl (C=O) groups excluding carboxylic acids is 1. The number of halogens is 2. The number of urea groups is 1. The van der Waals surface area contributed by atoms with Crippen LogP contribution in [0.2, 0.25) is 5.02 Å². The summed E-state index contributed by atoms with van der Waals surface area (Å²) in [6, 6.07) is 21.7. The summed E-state index contributed by atoms with van der Waals surface area (Å²) in [7, 11) is -3.97. The van der Waals surface area contributed by atoms with E-state index in [1.807, 2.05) is 0 Å². The second-order valence-corrected chi connectivity index (χ2v) is 10.5. The lowest BCUT2D eigenvalue weighted by atomic mass is 10.2. The number of aromatic nitrogens is 1. The molecule has 0 spiro atoms. The molecule has 37 heavy (non-hydrogen) atoms. The molecule has 0 aliphatic heterocycles. The smallest absolute Gasteiger partial charge is 0.319 e. The lowest BCUT2D eigenvalue weighted by molar-refractivity contribution is 0.251. The van der Waals surface area contributed by atoms with Gasteiger partial charge in [-0.15, -0.1) is 0 Å². The summed E-state index contributed by atoms with van der Waals surface area (Å²) in [6.45, 7) is 0.364. The third kappa shape index (κ3) is 7.13. The number of pyridine rings is 1. The molecule has 2 amide bonds. The van der Waals surface area contributed by atoms with Gasteiger partial charge >= 0.3 is 6.03 Å². The first kappa shape index (κ1) is 26.3. The molecule has 0 bridgehead atoms. The predicted octanol–water partition coefficient (Wildman–Crippen LogP) is 5.59. The van der Waals surface area contributed by atoms with Gasteiger partial charge in [0.1, 0.15) is 5.82 Å². The van der Waals surface area contributed by atoms with E-state index in [4.69, 9.17) is 11.6 Å². The Morgan fingerprint density at radius 2 is 1.54 bits per heavy atom. The monoisotopic (exact) mass is 538 g/mol. The number of hydrogen-bond acceptors (Lipinski definition) is 4. The predicted molar refractivity (Wildman–Crippen MR) is 141 cm³/mol. The fourth-order valence-corrected chi connectivity index (χ4v) is 5.16. The van der Waals surface area contributed by atoms with Gasteiger partial charge in [0, 0.05) is 42.7 Å². The summed E-state index contributed by atoms with van der Waals surface area (Å²) in [4.78, 5) is 16.2. The maximum absolute atomic E-state index is 13.6. The van der Waals surface area contributed by atoms with E-state index in [-0.39, 0.29) is 18.0 Å². The van der Waals surface area contributed by atoms with Crippen molar-refractivity contribution < 1.29 is 17.6 Å². The average molecular weight is 539 g/mol. The number of hydrogen-bond donors (Lipinski definition) is 2. The molecule has 10 heteroatoms. The SMILES string of the molecule is O=C(NCc1ccncc1)Nc1ccc(S(=O)(=O)N(Cc2ccc(F)cc2)Cc2ccccc2Cl)cc1. The Hall–Kier alpha value is -3.79. The Morgan fingerprint density at radius 3 is 2.22 bits per heavy atom. The average Bonchev–Trinajstić information content (AvgIpc) is 2.90. The van der Waals surface area contributed by atoms with Crippen LogP contribution in [0.1, 0.15) is 16.7 Å². The van der Waals surface area contributed by atoms with Crippen molar-refractivity contribution in [2.24, 2.45) is 0 Å². The largest absolute Gasteiger partial charge is 0.334 e. The van der Waals surface area contributed by atoms with Gasteiger partial charge in [0.25, 0.3) is 0 Å². The number of sulfonamides is 1. The Morgan fingerprint density at radius 1 is 0.865 bits per heavy atom. The summed E-state index contributed by atoms with van der Waals surface area (Å²) in [5, 5.41) is 5.86. The minimum absolute atomic E-state index is 0.0191. The summed E-state index contributed by atoms with van der Waals surface area (Å²) in [5.41, 5.74) is 2.59. The van der Waals surface area contributed by atoms with Crippen molar-refractivity contribution in [1.82, 2.24) is 14.6 Å². The quantitative estimate of drug-likeness (QED) is 0.291. The molecule has 1 heterocycles. The maximum Gasteiger partial charge on any atom is 0.319 e. The van der Waals surface area contributed by atoms with Crippen LogP contribution in [0, 0.1) is 5.82 Å². The highest BCUT2D eigenvalue weighted by Crippen LogP contribution is 2.25. The molecule has 0 saturated heterocycles. The standard InChI is InChI=1S/C27H24ClFN4O3S/c28-26-4-2-1-3-22(26)19-33(18-21-5-7-23(29)8-6-21)37(35,36)25-11-9-24(10-12-25)32-27(34)31-17-20-13-15-30-16-14-20/h1-16H,17-19H2,(H2,31,32,34). The number of nitrogens with zero attached hydrogens (tertiary/aromatic N) is 2. The Kier molecular flexibility index (Phi) is 8.50. The van der Waals surface area contributed by atoms with E-state index in [1.165, 1.54) is 40.7 Å². The highest BCUT2D eigenvalue weighted by atomic mass is 35.5. The number of anilines is 1. The molecule has 4 rings (SSSR count). The van der Waals surface area contributed by atoms with E-state index < -0.39 is 21.9 Å². The number of amides is 2. The van der Waals surface area contributed by atoms with Crippen molar-refractivity contribution in [2.75, 3.05) is 5.32 Å². The molecule has 1 aromatic heterocycles. The van der Waals surface area contributed by atoms with Crippen LogP contribution in [0.5, 0.6) is 0 Å². The van der Waals surface area contributed by atoms with Gasteiger partial charge in [0.15, 0.2) is 0 Å². The van der Waals surface area contributed by atoms with Crippen LogP contribution >= 0.6 is 11.6 Å². The van der Waals surface area contributed by atoms with Crippen molar-refractivity contribution in [3.8, 4) is 0 Å². The van der Waals surface area contributed by atoms with E-state index in [2.05, 4.69) is 15.6 Å². The fourth-order valence-electron chi connectivity index (χ4n) is 3.55. The van der Waals surface area contributed by atoms with Gasteiger partial charge in [0.2, 0.25) is 10.0 Å². The van der Waals surface area contributed by atoms with Crippen molar-refractivity contribution in [3.63, 3.8) is 0 Å². The van der Waals surface area contributed by atoms with Gasteiger partial charge in [0.05, 0.1) is 4.90 Å². The fraction of sp³-hybridized carbons (Fsp3) is 0.111. The number of nitrogens with one attached hydrogen (secondary N) is 2. The molecular formula is C27H24ClFN4O3S. The maximum atomic E-state index is 13.6. The highest BCUT2D eigenvalue weighted by Gasteiger charge is 2.26. The molecule has 4 aromatic rings. The Balaban J connectivity index is 1.50. The third-order valence-corrected chi connectivity index (χ3v) is 7.70. The minimum Gasteiger partial charge on any atom is -0.334 e. The molecule has 0 saturated carbocycles. The van der Waals surface area contributed by atoms with E-state index in [1.54, 1.807) is 60.9 Å². The van der Waals surface area contributed by atoms with Gasteiger partial charge in [-0.1, -0.05) is 41.9 Å². The van der Waals surface area contributed by atoms with Crippen LogP contribution in [-0.2, 0) is 29.7 Å². The van der Waals surface area contributed by atoms with E-state index in [0.717, 1.165) is 5.56 Å². The number of benzene rings is 3. The third-order valence-electron chi connectivity index (χ3n) is 5.53. The summed E-state index contributed by atoms with van der Waals surface area (Å²) < 4.78 is 41.9. The van der Waals surface area contributed by atoms with Crippen LogP contribution in [0.3, 0.4) is 0 Å². The van der Waals surface area contributed by atoms with E-state index in [0.29, 0.717) is 28.4 Å². The van der Waals surface area contributed by atoms with Crippen molar-refractivity contribution in [3.05, 3.63) is 125 Å². The van der Waals surface area contributed by atoms with Gasteiger partial charge in [-0.05, 0) is 71.3 Å². The Labute approximate surface area is 220 Å². The molecule has 7 nitrogen and oxygen atoms in total. The van der Waals surface area contributed by atoms with Crippen LogP contribution in [0.15, 0.2) is 102 Å². The second-order valence-electron chi connectivity index (χ2n) is 8.18. The Bertz CT molecular complexity index is 1450. The first-order chi connectivity index (χ1) is 17.8. The van der Waals surface area contributed by atoms with Crippen LogP contribution < -0.4 is 10.6 Å². The second kappa shape index (κ2) is 12.0. The van der Waals surface area contributed by atoms with Gasteiger partial charge in [-0.25, -0.2) is 17.6 Å². The summed E-state index contributed by atoms with van der Waals surface area (Å²) in [5.74, 6) is -0.405. The zero-order chi connectivity index (χ0) is 26.3. The van der Waals surface area contributed by atoms with Crippen LogP contribution in [0.4, 0.5) is 14.9 Å². The van der Waals surface area contributed by atoms with Gasteiger partial charge in [-0.2, -0.15) is 4.31 Å². The van der Waals surface area contributed by atoms with E-state index >= 15 is 0 Å². The summed E-state index contributed by atoms with van der Waals surface area (Å²) in [6.07, 6.45) is 3.28. The van der Waals surface area contributed by atoms with Gasteiger partial charge < -0.3 is 10.6 Å². The molecule has 0 unspecified atom stereocenters. The molecule has 0 aliphatic carbocycles. The topological polar surface area (TPSA) is 91.4 Å². The molecule has 0 radical (unpaired) electrons. The first-order valence-corrected chi connectivity index (χ1v) is 13.1. The normalized spacial score (nSPS) is 11.3. The molecule has 3 aromatic carbocycles. The highest BCUT2D eigenvalue weighted by molar-refractivity contribution is 7.89. The lowest BCUT2D eigenvalue weighted by Gasteiger charge is -2.23. The zero-order valence-electron chi connectivity index (χ0n) is 19.6. The minimum atomic E-state index is -3.97. The molecular weight excluding hydrogens is 515 g/mol. The summed E-state index contributed by atoms with van der Waals surface area (Å²) >= 11 is 6.30. The molecule has 0 atom stereocenters. The molecule has 190 valence electrons. The van der Waals surface area contributed by atoms with Crippen LogP contribution in [0.25, 0.3) is 0 Å². The first-order valence-electron chi connectivity index (χ1n) is 11.3. The lowest BCUT2D eigenvalue weighted by Crippen LogP contribution is -2.30. The van der Waals surface area contributed by atoms with Gasteiger partial charge in [-0.3, -0.25) is 4.98 Å². The molecule has 0 aliphatic rings. The van der Waals surface area contributed by atoms with Crippen molar-refractivity contribution in [2.45, 2.75) is 24.5 Å². The van der Waals surface area contributed by atoms with Crippen LogP contribution in [-0.4, -0.2) is 23.7 Å². The zero-order valence-corrected chi connectivity index (χ0v) is 21.2. The van der Waals surface area contributed by atoms with E-state index in [9.17, 15) is 17.6 Å².